The van der Waals surface area contributed by atoms with Gasteiger partial charge in [0.2, 0.25) is 0 Å². The molecule has 0 amide bonds. The molecular formula is C12H10FN5. The maximum Gasteiger partial charge on any atom is 0.146 e. The summed E-state index contributed by atoms with van der Waals surface area (Å²) >= 11 is 0. The van der Waals surface area contributed by atoms with Gasteiger partial charge in [-0.05, 0) is 12.1 Å². The first-order chi connectivity index (χ1) is 8.79. The van der Waals surface area contributed by atoms with Gasteiger partial charge in [0.25, 0.3) is 0 Å². The number of nitrogens with one attached hydrogen (secondary N) is 2. The first kappa shape index (κ1) is 11.8. The van der Waals surface area contributed by atoms with E-state index >= 15 is 0 Å². The van der Waals surface area contributed by atoms with Crippen LogP contribution in [0.3, 0.4) is 0 Å². The summed E-state index contributed by atoms with van der Waals surface area (Å²) in [6.07, 6.45) is 1.34. The lowest BCUT2D eigenvalue weighted by atomic mass is 10.3. The topological polar surface area (TPSA) is 73.6 Å². The molecule has 2 aromatic rings. The zero-order valence-corrected chi connectivity index (χ0v) is 9.39. The predicted octanol–water partition coefficient (Wildman–Crippen LogP) is 2.29. The van der Waals surface area contributed by atoms with Gasteiger partial charge in [-0.15, -0.1) is 0 Å². The second-order valence-corrected chi connectivity index (χ2v) is 3.41. The molecule has 0 radical (unpaired) electrons. The molecule has 0 aliphatic rings. The Bertz CT molecular complexity index is 579. The molecule has 2 rings (SSSR count). The van der Waals surface area contributed by atoms with Crippen LogP contribution >= 0.6 is 0 Å². The molecule has 0 saturated carbocycles. The first-order valence-electron chi connectivity index (χ1n) is 5.24. The standard InChI is InChI=1S/C12H10FN5/c13-9-3-1-2-4-10(9)18-12-7-11(15-6-5-14)16-8-17-12/h1-4,7-8H,6H2,(H2,15,16,17,18). The van der Waals surface area contributed by atoms with Gasteiger partial charge in [0.05, 0.1) is 11.8 Å². The Morgan fingerprint density at radius 3 is 2.78 bits per heavy atom. The van der Waals surface area contributed by atoms with Gasteiger partial charge >= 0.3 is 0 Å². The molecule has 2 N–H and O–H groups in total. The molecule has 90 valence electrons. The van der Waals surface area contributed by atoms with E-state index in [4.69, 9.17) is 5.26 Å². The Morgan fingerprint density at radius 2 is 2.00 bits per heavy atom. The predicted molar refractivity (Wildman–Crippen MR) is 65.8 cm³/mol. The zero-order valence-electron chi connectivity index (χ0n) is 9.39. The summed E-state index contributed by atoms with van der Waals surface area (Å²) < 4.78 is 13.4. The lowest BCUT2D eigenvalue weighted by Gasteiger charge is -2.07. The molecule has 0 atom stereocenters. The highest BCUT2D eigenvalue weighted by Crippen LogP contribution is 2.18. The van der Waals surface area contributed by atoms with E-state index in [-0.39, 0.29) is 12.4 Å². The maximum atomic E-state index is 13.4. The number of nitriles is 1. The number of anilines is 3. The van der Waals surface area contributed by atoms with Crippen LogP contribution in [0.5, 0.6) is 0 Å². The number of hydrogen-bond donors (Lipinski definition) is 2. The van der Waals surface area contributed by atoms with Gasteiger partial charge in [0, 0.05) is 6.07 Å². The molecule has 0 bridgehead atoms. The average Bonchev–Trinajstić information content (AvgIpc) is 2.40. The van der Waals surface area contributed by atoms with Crippen LogP contribution in [0.1, 0.15) is 0 Å². The fraction of sp³-hybridized carbons (Fsp3) is 0.0833. The van der Waals surface area contributed by atoms with Crippen LogP contribution < -0.4 is 10.6 Å². The molecule has 1 heterocycles. The Balaban J connectivity index is 2.15. The molecule has 1 aromatic carbocycles. The van der Waals surface area contributed by atoms with Gasteiger partial charge in [-0.3, -0.25) is 0 Å². The summed E-state index contributed by atoms with van der Waals surface area (Å²) in [7, 11) is 0. The molecule has 18 heavy (non-hydrogen) atoms. The summed E-state index contributed by atoms with van der Waals surface area (Å²) in [5, 5.41) is 14.1. The summed E-state index contributed by atoms with van der Waals surface area (Å²) in [6, 6.07) is 9.85. The Hall–Kier alpha value is -2.68. The number of rotatable bonds is 4. The summed E-state index contributed by atoms with van der Waals surface area (Å²) in [4.78, 5) is 7.91. The van der Waals surface area contributed by atoms with E-state index in [1.54, 1.807) is 24.3 Å². The fourth-order valence-electron chi connectivity index (χ4n) is 1.35. The summed E-state index contributed by atoms with van der Waals surface area (Å²) in [5.41, 5.74) is 0.336. The molecule has 6 heteroatoms. The fourth-order valence-corrected chi connectivity index (χ4v) is 1.35. The molecule has 0 saturated heterocycles. The van der Waals surface area contributed by atoms with Crippen molar-refractivity contribution in [3.8, 4) is 6.07 Å². The summed E-state index contributed by atoms with van der Waals surface area (Å²) in [5.74, 6) is 0.601. The number of aromatic nitrogens is 2. The van der Waals surface area contributed by atoms with Crippen molar-refractivity contribution >= 4 is 17.3 Å². The lowest BCUT2D eigenvalue weighted by Crippen LogP contribution is -2.03. The van der Waals surface area contributed by atoms with Gasteiger partial charge in [-0.2, -0.15) is 5.26 Å². The summed E-state index contributed by atoms with van der Waals surface area (Å²) in [6.45, 7) is 0.149. The van der Waals surface area contributed by atoms with Crippen molar-refractivity contribution in [2.75, 3.05) is 17.2 Å². The molecule has 1 aromatic heterocycles. The quantitative estimate of drug-likeness (QED) is 0.806. The largest absolute Gasteiger partial charge is 0.357 e. The highest BCUT2D eigenvalue weighted by molar-refractivity contribution is 5.59. The molecule has 0 spiro atoms. The molecular weight excluding hydrogens is 233 g/mol. The molecule has 0 aliphatic heterocycles. The van der Waals surface area contributed by atoms with Crippen LogP contribution in [0.25, 0.3) is 0 Å². The van der Waals surface area contributed by atoms with Crippen molar-refractivity contribution < 1.29 is 4.39 Å². The van der Waals surface area contributed by atoms with Gasteiger partial charge in [0.15, 0.2) is 0 Å². The van der Waals surface area contributed by atoms with E-state index < -0.39 is 0 Å². The van der Waals surface area contributed by atoms with Crippen molar-refractivity contribution in [3.05, 3.63) is 42.5 Å². The number of hydrogen-bond acceptors (Lipinski definition) is 5. The van der Waals surface area contributed by atoms with E-state index in [9.17, 15) is 4.39 Å². The number of para-hydroxylation sites is 1. The third-order valence-corrected chi connectivity index (χ3v) is 2.15. The maximum absolute atomic E-state index is 13.4. The SMILES string of the molecule is N#CCNc1cc(Nc2ccccc2F)ncn1. The zero-order chi connectivity index (χ0) is 12.8. The Labute approximate surface area is 103 Å². The van der Waals surface area contributed by atoms with Crippen LogP contribution in [-0.4, -0.2) is 16.5 Å². The lowest BCUT2D eigenvalue weighted by molar-refractivity contribution is 0.632. The highest BCUT2D eigenvalue weighted by atomic mass is 19.1. The minimum absolute atomic E-state index is 0.149. The van der Waals surface area contributed by atoms with Gasteiger partial charge in [0.1, 0.15) is 30.3 Å². The minimum atomic E-state index is -0.359. The van der Waals surface area contributed by atoms with E-state index in [0.29, 0.717) is 17.3 Å². The smallest absolute Gasteiger partial charge is 0.146 e. The number of halogens is 1. The van der Waals surface area contributed by atoms with Crippen LogP contribution in [0, 0.1) is 17.1 Å². The van der Waals surface area contributed by atoms with Crippen molar-refractivity contribution in [1.29, 1.82) is 5.26 Å². The van der Waals surface area contributed by atoms with Crippen LogP contribution in [0.2, 0.25) is 0 Å². The third kappa shape index (κ3) is 2.92. The molecule has 5 nitrogen and oxygen atoms in total. The van der Waals surface area contributed by atoms with E-state index in [1.165, 1.54) is 12.4 Å². The van der Waals surface area contributed by atoms with Crippen molar-refractivity contribution in [1.82, 2.24) is 9.97 Å². The van der Waals surface area contributed by atoms with E-state index in [1.807, 2.05) is 6.07 Å². The highest BCUT2D eigenvalue weighted by Gasteiger charge is 2.02. The molecule has 0 unspecified atom stereocenters. The third-order valence-electron chi connectivity index (χ3n) is 2.15. The van der Waals surface area contributed by atoms with Gasteiger partial charge < -0.3 is 10.6 Å². The molecule has 0 aliphatic carbocycles. The minimum Gasteiger partial charge on any atom is -0.357 e. The van der Waals surface area contributed by atoms with E-state index in [2.05, 4.69) is 20.6 Å². The van der Waals surface area contributed by atoms with Crippen molar-refractivity contribution in [2.24, 2.45) is 0 Å². The monoisotopic (exact) mass is 243 g/mol. The van der Waals surface area contributed by atoms with Crippen LogP contribution in [0.4, 0.5) is 21.7 Å². The average molecular weight is 243 g/mol. The van der Waals surface area contributed by atoms with Gasteiger partial charge in [-0.25, -0.2) is 14.4 Å². The second kappa shape index (κ2) is 5.59. The number of nitrogens with zero attached hydrogens (tertiary/aromatic N) is 3. The number of benzene rings is 1. The van der Waals surface area contributed by atoms with Crippen molar-refractivity contribution in [2.45, 2.75) is 0 Å². The van der Waals surface area contributed by atoms with Crippen molar-refractivity contribution in [3.63, 3.8) is 0 Å². The van der Waals surface area contributed by atoms with Crippen LogP contribution in [0.15, 0.2) is 36.7 Å². The Morgan fingerprint density at radius 1 is 1.22 bits per heavy atom. The Kier molecular flexibility index (Phi) is 3.66. The second-order valence-electron chi connectivity index (χ2n) is 3.41. The van der Waals surface area contributed by atoms with Gasteiger partial charge in [-0.1, -0.05) is 12.1 Å². The van der Waals surface area contributed by atoms with E-state index in [0.717, 1.165) is 0 Å². The molecule has 0 fully saturated rings. The van der Waals surface area contributed by atoms with Crippen LogP contribution in [-0.2, 0) is 0 Å². The first-order valence-corrected chi connectivity index (χ1v) is 5.24. The normalized spacial score (nSPS) is 9.56.